The molecule has 1 unspecified atom stereocenters. The summed E-state index contributed by atoms with van der Waals surface area (Å²) in [7, 11) is 0. The molecule has 37 heavy (non-hydrogen) atoms. The summed E-state index contributed by atoms with van der Waals surface area (Å²) in [5.74, 6) is -8.51. The van der Waals surface area contributed by atoms with Crippen molar-refractivity contribution in [2.24, 2.45) is 23.5 Å². The van der Waals surface area contributed by atoms with Crippen molar-refractivity contribution in [2.45, 2.75) is 44.4 Å². The average molecular weight is 513 g/mol. The number of hydrogen-bond donors (Lipinski definition) is 6. The number of phenolic OH excluding ortho intramolecular Hbond substituents is 1. The molecule has 6 rings (SSSR count). The number of nitrogens with two attached hydrogens (primary N) is 1. The van der Waals surface area contributed by atoms with Gasteiger partial charge in [0.2, 0.25) is 5.91 Å². The molecule has 1 saturated heterocycles. The van der Waals surface area contributed by atoms with Crippen molar-refractivity contribution >= 4 is 34.8 Å². The van der Waals surface area contributed by atoms with Gasteiger partial charge in [0.05, 0.1) is 29.3 Å². The third-order valence-corrected chi connectivity index (χ3v) is 8.38. The van der Waals surface area contributed by atoms with Gasteiger partial charge in [0, 0.05) is 36.2 Å². The number of benzene rings is 1. The number of carbonyl (C=O) groups is 4. The van der Waals surface area contributed by atoms with Crippen LogP contribution in [0.3, 0.4) is 0 Å². The number of aromatic hydroxyl groups is 1. The van der Waals surface area contributed by atoms with Crippen molar-refractivity contribution in [1.82, 2.24) is 4.90 Å². The van der Waals surface area contributed by atoms with Gasteiger partial charge in [-0.1, -0.05) is 0 Å². The van der Waals surface area contributed by atoms with Gasteiger partial charge in [0.1, 0.15) is 22.9 Å². The minimum Gasteiger partial charge on any atom is -0.511 e. The highest BCUT2D eigenvalue weighted by Crippen LogP contribution is 2.52. The van der Waals surface area contributed by atoms with E-state index in [0.717, 1.165) is 0 Å². The second-order valence-corrected chi connectivity index (χ2v) is 10.4. The lowest BCUT2D eigenvalue weighted by Gasteiger charge is -2.41. The summed E-state index contributed by atoms with van der Waals surface area (Å²) in [6.45, 7) is 0.0970. The molecule has 2 heterocycles. The van der Waals surface area contributed by atoms with Crippen LogP contribution in [0.1, 0.15) is 36.0 Å². The van der Waals surface area contributed by atoms with Gasteiger partial charge in [-0.25, -0.2) is 4.39 Å². The standard InChI is InChI=1S/C25H24FN3O8/c26-18-10-2-7-1-8-3-13(31)17(24(27)36)22(34)15(8)20(32)14(7)21(33)16(10)23(35)19-11(18)6-29-5-9(30)4-12(29)25(37)28-19/h7-9,12,15,30,33-35H,1-6H2,(H2,27,36)(H,28,37)/t7-,8+,9-,12+,15?/m1/s1. The highest BCUT2D eigenvalue weighted by molar-refractivity contribution is 6.21. The number of aliphatic hydroxyl groups is 3. The molecule has 2 amide bonds. The van der Waals surface area contributed by atoms with Gasteiger partial charge in [0.25, 0.3) is 5.91 Å². The number of aliphatic hydroxyl groups excluding tert-OH is 3. The Hall–Kier alpha value is -3.77. The summed E-state index contributed by atoms with van der Waals surface area (Å²) in [4.78, 5) is 52.0. The molecule has 0 aromatic heterocycles. The zero-order valence-electron chi connectivity index (χ0n) is 19.5. The average Bonchev–Trinajstić information content (AvgIpc) is 3.12. The number of rotatable bonds is 1. The number of phenols is 1. The molecule has 7 N–H and O–H groups in total. The molecule has 1 saturated carbocycles. The van der Waals surface area contributed by atoms with Crippen LogP contribution in [-0.2, 0) is 32.1 Å². The van der Waals surface area contributed by atoms with Gasteiger partial charge < -0.3 is 31.5 Å². The third-order valence-electron chi connectivity index (χ3n) is 8.38. The zero-order valence-corrected chi connectivity index (χ0v) is 19.5. The Balaban J connectivity index is 1.49. The Morgan fingerprint density at radius 3 is 2.51 bits per heavy atom. The SMILES string of the molecule is NC(=O)C1=C(O)C2C(=O)C3=C(O)c4c(O)c5c(c(F)c4C[C@H]3C[C@H]2CC1=O)CN1C[C@H](O)C[C@H]1C(=O)N5. The molecule has 2 fully saturated rings. The third kappa shape index (κ3) is 3.18. The molecule has 5 aliphatic rings. The van der Waals surface area contributed by atoms with Gasteiger partial charge in [-0.05, 0) is 31.1 Å². The second-order valence-electron chi connectivity index (χ2n) is 10.4. The van der Waals surface area contributed by atoms with Crippen molar-refractivity contribution < 1.29 is 44.0 Å². The number of nitrogens with zero attached hydrogens (tertiary/aromatic N) is 1. The molecular weight excluding hydrogens is 489 g/mol. The lowest BCUT2D eigenvalue weighted by Crippen LogP contribution is -2.44. The number of Topliss-reactive ketones (excluding diaryl/α,β-unsaturated/α-hetero) is 2. The first kappa shape index (κ1) is 23.6. The predicted octanol–water partition coefficient (Wildman–Crippen LogP) is 0.335. The number of hydrogen-bond acceptors (Lipinski definition) is 9. The van der Waals surface area contributed by atoms with Crippen LogP contribution in [0, 0.1) is 23.6 Å². The fourth-order valence-corrected chi connectivity index (χ4v) is 6.81. The van der Waals surface area contributed by atoms with Gasteiger partial charge in [0.15, 0.2) is 17.3 Å². The Labute approximate surface area is 209 Å². The van der Waals surface area contributed by atoms with Crippen LogP contribution in [0.2, 0.25) is 0 Å². The summed E-state index contributed by atoms with van der Waals surface area (Å²) < 4.78 is 16.0. The van der Waals surface area contributed by atoms with E-state index in [1.807, 2.05) is 0 Å². The summed E-state index contributed by atoms with van der Waals surface area (Å²) >= 11 is 0. The Morgan fingerprint density at radius 2 is 1.81 bits per heavy atom. The fraction of sp³-hybridized carbons (Fsp3) is 0.440. The molecule has 3 aliphatic carbocycles. The monoisotopic (exact) mass is 513 g/mol. The maximum Gasteiger partial charge on any atom is 0.255 e. The largest absolute Gasteiger partial charge is 0.511 e. The van der Waals surface area contributed by atoms with Crippen LogP contribution >= 0.6 is 0 Å². The van der Waals surface area contributed by atoms with Crippen molar-refractivity contribution in [3.63, 3.8) is 0 Å². The summed E-state index contributed by atoms with van der Waals surface area (Å²) in [5.41, 5.74) is 3.90. The molecule has 12 heteroatoms. The molecule has 194 valence electrons. The quantitative estimate of drug-likeness (QED) is 0.227. The molecule has 2 aliphatic heterocycles. The molecule has 0 radical (unpaired) electrons. The van der Waals surface area contributed by atoms with Crippen LogP contribution < -0.4 is 11.1 Å². The molecule has 11 nitrogen and oxygen atoms in total. The number of anilines is 1. The zero-order chi connectivity index (χ0) is 26.5. The van der Waals surface area contributed by atoms with Crippen molar-refractivity contribution in [2.75, 3.05) is 11.9 Å². The minimum atomic E-state index is -1.28. The number of allylic oxidation sites excluding steroid dienone is 2. The van der Waals surface area contributed by atoms with E-state index in [9.17, 15) is 39.6 Å². The van der Waals surface area contributed by atoms with E-state index < -0.39 is 81.9 Å². The van der Waals surface area contributed by atoms with Crippen LogP contribution in [-0.4, -0.2) is 67.4 Å². The van der Waals surface area contributed by atoms with E-state index in [0.29, 0.717) is 0 Å². The Bertz CT molecular complexity index is 1400. The smallest absolute Gasteiger partial charge is 0.255 e. The molecule has 5 atom stereocenters. The molecule has 1 aromatic carbocycles. The number of carbonyl (C=O) groups excluding carboxylic acids is 4. The van der Waals surface area contributed by atoms with Crippen LogP contribution in [0.5, 0.6) is 5.75 Å². The maximum absolute atomic E-state index is 16.0. The summed E-state index contributed by atoms with van der Waals surface area (Å²) in [6.07, 6.45) is -0.734. The first-order valence-corrected chi connectivity index (χ1v) is 12.0. The van der Waals surface area contributed by atoms with Gasteiger partial charge in [-0.15, -0.1) is 0 Å². The van der Waals surface area contributed by atoms with E-state index in [1.54, 1.807) is 4.90 Å². The maximum atomic E-state index is 16.0. The summed E-state index contributed by atoms with van der Waals surface area (Å²) in [6, 6.07) is -0.718. The minimum absolute atomic E-state index is 0.0111. The van der Waals surface area contributed by atoms with E-state index in [1.165, 1.54) is 0 Å². The van der Waals surface area contributed by atoms with Crippen molar-refractivity contribution in [3.8, 4) is 5.75 Å². The number of amides is 2. The van der Waals surface area contributed by atoms with E-state index in [4.69, 9.17) is 5.73 Å². The van der Waals surface area contributed by atoms with Crippen LogP contribution in [0.25, 0.3) is 5.76 Å². The lowest BCUT2D eigenvalue weighted by molar-refractivity contribution is -0.127. The van der Waals surface area contributed by atoms with E-state index in [2.05, 4.69) is 5.32 Å². The number of ketones is 2. The predicted molar refractivity (Wildman–Crippen MR) is 123 cm³/mol. The van der Waals surface area contributed by atoms with Gasteiger partial charge in [-0.2, -0.15) is 0 Å². The number of fused-ring (bicyclic) bond motifs is 5. The first-order valence-electron chi connectivity index (χ1n) is 12.0. The summed E-state index contributed by atoms with van der Waals surface area (Å²) in [5, 5.41) is 45.4. The number of halogens is 1. The topological polar surface area (TPSA) is 190 Å². The lowest BCUT2D eigenvalue weighted by atomic mass is 9.61. The molecule has 0 spiro atoms. The van der Waals surface area contributed by atoms with E-state index in [-0.39, 0.29) is 66.7 Å². The van der Waals surface area contributed by atoms with Crippen molar-refractivity contribution in [3.05, 3.63) is 39.4 Å². The first-order chi connectivity index (χ1) is 17.5. The van der Waals surface area contributed by atoms with E-state index >= 15 is 4.39 Å². The Kier molecular flexibility index (Phi) is 5.02. The molecule has 1 aromatic rings. The highest BCUT2D eigenvalue weighted by Gasteiger charge is 2.52. The van der Waals surface area contributed by atoms with Crippen molar-refractivity contribution in [1.29, 1.82) is 0 Å². The molecular formula is C25H24FN3O8. The number of nitrogens with one attached hydrogen (secondary N) is 1. The fourth-order valence-electron chi connectivity index (χ4n) is 6.81. The number of primary amides is 1. The molecule has 0 bridgehead atoms. The highest BCUT2D eigenvalue weighted by atomic mass is 19.1. The normalized spacial score (nSPS) is 31.2. The Morgan fingerprint density at radius 1 is 1.08 bits per heavy atom. The second kappa shape index (κ2) is 7.86. The van der Waals surface area contributed by atoms with Gasteiger partial charge >= 0.3 is 0 Å². The van der Waals surface area contributed by atoms with Crippen LogP contribution in [0.4, 0.5) is 10.1 Å². The van der Waals surface area contributed by atoms with Crippen LogP contribution in [0.15, 0.2) is 16.9 Å². The van der Waals surface area contributed by atoms with Gasteiger partial charge in [-0.3, -0.25) is 24.1 Å².